The molecule has 7 nitrogen and oxygen atoms in total. The number of fused-ring (bicyclic) bond motifs is 1. The molecule has 2 N–H and O–H groups in total. The van der Waals surface area contributed by atoms with E-state index in [4.69, 9.17) is 11.6 Å². The number of aromatic nitrogens is 1. The molecule has 1 amide bonds. The Morgan fingerprint density at radius 1 is 1.19 bits per heavy atom. The predicted octanol–water partition coefficient (Wildman–Crippen LogP) is 3.95. The maximum absolute atomic E-state index is 12.9. The van der Waals surface area contributed by atoms with Crippen molar-refractivity contribution in [2.45, 2.75) is 24.8 Å². The van der Waals surface area contributed by atoms with Gasteiger partial charge in [0.05, 0.1) is 10.4 Å². The van der Waals surface area contributed by atoms with Gasteiger partial charge < -0.3 is 9.88 Å². The van der Waals surface area contributed by atoms with Crippen LogP contribution in [0.1, 0.15) is 30.2 Å². The van der Waals surface area contributed by atoms with Crippen molar-refractivity contribution in [2.24, 2.45) is 0 Å². The first kappa shape index (κ1) is 22.7. The van der Waals surface area contributed by atoms with Gasteiger partial charge in [0.1, 0.15) is 5.56 Å². The summed E-state index contributed by atoms with van der Waals surface area (Å²) >= 11 is 6.06. The van der Waals surface area contributed by atoms with E-state index in [0.717, 1.165) is 0 Å². The molecule has 0 spiro atoms. The van der Waals surface area contributed by atoms with E-state index in [9.17, 15) is 18.0 Å². The third kappa shape index (κ3) is 4.87. The molecule has 0 bridgehead atoms. The number of nitrogens with one attached hydrogen (secondary N) is 2. The van der Waals surface area contributed by atoms with Gasteiger partial charge in [-0.3, -0.25) is 9.59 Å². The lowest BCUT2D eigenvalue weighted by Crippen LogP contribution is -2.25. The molecule has 1 heterocycles. The van der Waals surface area contributed by atoms with Gasteiger partial charge in [0.25, 0.3) is 5.91 Å². The molecular weight excluding hydrogens is 438 g/mol. The summed E-state index contributed by atoms with van der Waals surface area (Å²) in [4.78, 5) is 25.9. The van der Waals surface area contributed by atoms with Crippen LogP contribution in [-0.4, -0.2) is 25.4 Å². The van der Waals surface area contributed by atoms with Crippen molar-refractivity contribution in [3.8, 4) is 0 Å². The highest BCUT2D eigenvalue weighted by Gasteiger charge is 2.18. The number of benzene rings is 2. The maximum Gasteiger partial charge on any atom is 0.261 e. The Hall–Kier alpha value is -2.94. The van der Waals surface area contributed by atoms with Crippen LogP contribution in [0.3, 0.4) is 0 Å². The minimum absolute atomic E-state index is 0.00313. The molecule has 162 valence electrons. The van der Waals surface area contributed by atoms with Crippen molar-refractivity contribution in [1.82, 2.24) is 9.29 Å². The molecule has 1 aromatic heterocycles. The van der Waals surface area contributed by atoms with Gasteiger partial charge in [0.2, 0.25) is 15.5 Å². The summed E-state index contributed by atoms with van der Waals surface area (Å²) in [6, 6.07) is 10.6. The lowest BCUT2D eigenvalue weighted by Gasteiger charge is -2.17. The molecule has 0 saturated carbocycles. The second-order valence-electron chi connectivity index (χ2n) is 7.15. The van der Waals surface area contributed by atoms with Crippen LogP contribution in [-0.2, 0) is 10.0 Å². The van der Waals surface area contributed by atoms with Crippen molar-refractivity contribution < 1.29 is 13.2 Å². The average molecular weight is 460 g/mol. The first-order valence-corrected chi connectivity index (χ1v) is 11.4. The van der Waals surface area contributed by atoms with Crippen LogP contribution >= 0.6 is 11.6 Å². The topological polar surface area (TPSA) is 97.3 Å². The smallest absolute Gasteiger partial charge is 0.261 e. The molecule has 0 aliphatic rings. The summed E-state index contributed by atoms with van der Waals surface area (Å²) < 4.78 is 28.5. The van der Waals surface area contributed by atoms with Gasteiger partial charge in [0, 0.05) is 34.9 Å². The fraction of sp³-hybridized carbons (Fsp3) is 0.182. The standard InChI is InChI=1S/C22H22ClN3O4S/c1-4-11-24-31(29,30)17-8-6-16(7-9-17)25-22(28)19-13-26(14(2)3)20-10-5-15(23)12-18(20)21(19)27/h4-10,12-14,24H,1,11H2,2-3H3,(H,25,28). The molecule has 3 aromatic rings. The molecule has 0 unspecified atom stereocenters. The number of sulfonamides is 1. The van der Waals surface area contributed by atoms with E-state index >= 15 is 0 Å². The Kier molecular flexibility index (Phi) is 6.64. The molecule has 2 aromatic carbocycles. The number of carbonyl (C=O) groups excluding carboxylic acids is 1. The summed E-state index contributed by atoms with van der Waals surface area (Å²) in [5.41, 5.74) is 0.574. The zero-order chi connectivity index (χ0) is 22.8. The van der Waals surface area contributed by atoms with E-state index in [2.05, 4.69) is 16.6 Å². The first-order chi connectivity index (χ1) is 14.6. The lowest BCUT2D eigenvalue weighted by molar-refractivity contribution is 0.102. The summed E-state index contributed by atoms with van der Waals surface area (Å²) in [7, 11) is -3.67. The number of hydrogen-bond donors (Lipinski definition) is 2. The van der Waals surface area contributed by atoms with E-state index in [1.165, 1.54) is 36.5 Å². The minimum Gasteiger partial charge on any atom is -0.344 e. The highest BCUT2D eigenvalue weighted by atomic mass is 35.5. The Balaban J connectivity index is 1.94. The normalized spacial score (nSPS) is 11.6. The van der Waals surface area contributed by atoms with E-state index < -0.39 is 21.4 Å². The van der Waals surface area contributed by atoms with Gasteiger partial charge in [0.15, 0.2) is 0 Å². The van der Waals surface area contributed by atoms with Crippen LogP contribution in [0.4, 0.5) is 5.69 Å². The first-order valence-electron chi connectivity index (χ1n) is 9.50. The van der Waals surface area contributed by atoms with Crippen LogP contribution in [0, 0.1) is 0 Å². The predicted molar refractivity (Wildman–Crippen MR) is 123 cm³/mol. The molecular formula is C22H22ClN3O4S. The SMILES string of the molecule is C=CCNS(=O)(=O)c1ccc(NC(=O)c2cn(C(C)C)c3ccc(Cl)cc3c2=O)cc1. The Morgan fingerprint density at radius 2 is 1.87 bits per heavy atom. The summed E-state index contributed by atoms with van der Waals surface area (Å²) in [5, 5.41) is 3.40. The van der Waals surface area contributed by atoms with Crippen LogP contribution in [0.25, 0.3) is 10.9 Å². The van der Waals surface area contributed by atoms with Gasteiger partial charge in [-0.1, -0.05) is 17.7 Å². The molecule has 0 aliphatic heterocycles. The zero-order valence-electron chi connectivity index (χ0n) is 17.1. The number of anilines is 1. The fourth-order valence-electron chi connectivity index (χ4n) is 3.08. The number of halogens is 1. The summed E-state index contributed by atoms with van der Waals surface area (Å²) in [5.74, 6) is -0.596. The molecule has 0 saturated heterocycles. The third-order valence-corrected chi connectivity index (χ3v) is 6.31. The third-order valence-electron chi connectivity index (χ3n) is 4.64. The van der Waals surface area contributed by atoms with E-state index in [1.54, 1.807) is 18.2 Å². The monoisotopic (exact) mass is 459 g/mol. The van der Waals surface area contributed by atoms with Gasteiger partial charge in [-0.05, 0) is 56.3 Å². The van der Waals surface area contributed by atoms with Crippen LogP contribution in [0.2, 0.25) is 5.02 Å². The molecule has 0 radical (unpaired) electrons. The Morgan fingerprint density at radius 3 is 2.48 bits per heavy atom. The number of hydrogen-bond acceptors (Lipinski definition) is 4. The van der Waals surface area contributed by atoms with E-state index in [1.807, 2.05) is 18.4 Å². The molecule has 0 fully saturated rings. The van der Waals surface area contributed by atoms with Gasteiger partial charge in [-0.2, -0.15) is 0 Å². The van der Waals surface area contributed by atoms with Crippen molar-refractivity contribution >= 4 is 44.1 Å². The average Bonchev–Trinajstić information content (AvgIpc) is 2.73. The second-order valence-corrected chi connectivity index (χ2v) is 9.36. The summed E-state index contributed by atoms with van der Waals surface area (Å²) in [6.45, 7) is 7.47. The number of rotatable bonds is 7. The van der Waals surface area contributed by atoms with Crippen molar-refractivity contribution in [1.29, 1.82) is 0 Å². The Bertz CT molecular complexity index is 1310. The molecule has 3 rings (SSSR count). The van der Waals surface area contributed by atoms with Crippen molar-refractivity contribution in [3.63, 3.8) is 0 Å². The van der Waals surface area contributed by atoms with E-state index in [-0.39, 0.29) is 23.0 Å². The number of nitrogens with zero attached hydrogens (tertiary/aromatic N) is 1. The zero-order valence-corrected chi connectivity index (χ0v) is 18.6. The molecule has 0 aliphatic carbocycles. The number of amides is 1. The fourth-order valence-corrected chi connectivity index (χ4v) is 4.25. The Labute approximate surface area is 185 Å². The lowest BCUT2D eigenvalue weighted by atomic mass is 10.1. The van der Waals surface area contributed by atoms with Crippen LogP contribution in [0.5, 0.6) is 0 Å². The van der Waals surface area contributed by atoms with Crippen molar-refractivity contribution in [3.05, 3.63) is 82.1 Å². The van der Waals surface area contributed by atoms with Gasteiger partial charge in [-0.15, -0.1) is 6.58 Å². The number of carbonyl (C=O) groups is 1. The second kappa shape index (κ2) is 9.05. The maximum atomic E-state index is 12.9. The van der Waals surface area contributed by atoms with Gasteiger partial charge >= 0.3 is 0 Å². The quantitative estimate of drug-likeness (QED) is 0.522. The van der Waals surface area contributed by atoms with Crippen LogP contribution in [0.15, 0.2) is 71.0 Å². The minimum atomic E-state index is -3.67. The summed E-state index contributed by atoms with van der Waals surface area (Å²) in [6.07, 6.45) is 2.96. The molecule has 0 atom stereocenters. The molecule has 31 heavy (non-hydrogen) atoms. The largest absolute Gasteiger partial charge is 0.344 e. The van der Waals surface area contributed by atoms with Crippen molar-refractivity contribution in [2.75, 3.05) is 11.9 Å². The van der Waals surface area contributed by atoms with Crippen LogP contribution < -0.4 is 15.5 Å². The highest BCUT2D eigenvalue weighted by molar-refractivity contribution is 7.89. The van der Waals surface area contributed by atoms with Gasteiger partial charge in [-0.25, -0.2) is 13.1 Å². The number of pyridine rings is 1. The molecule has 9 heteroatoms. The highest BCUT2D eigenvalue weighted by Crippen LogP contribution is 2.21. The van der Waals surface area contributed by atoms with E-state index in [0.29, 0.717) is 21.6 Å².